The molecule has 0 saturated carbocycles. The van der Waals surface area contributed by atoms with Crippen LogP contribution in [0.5, 0.6) is 0 Å². The van der Waals surface area contributed by atoms with Crippen molar-refractivity contribution in [1.29, 1.82) is 0 Å². The van der Waals surface area contributed by atoms with E-state index in [2.05, 4.69) is 10.3 Å². The van der Waals surface area contributed by atoms with Gasteiger partial charge in [0.05, 0.1) is 12.3 Å². The van der Waals surface area contributed by atoms with Gasteiger partial charge < -0.3 is 14.6 Å². The van der Waals surface area contributed by atoms with Gasteiger partial charge in [0, 0.05) is 19.2 Å². The Morgan fingerprint density at radius 1 is 1.58 bits per heavy atom. The molecule has 0 unspecified atom stereocenters. The average molecular weight is 167 g/mol. The first kappa shape index (κ1) is 7.79. The number of hydrogen-bond donors (Lipinski definition) is 3. The van der Waals surface area contributed by atoms with Gasteiger partial charge in [0.2, 0.25) is 0 Å². The fraction of sp³-hybridized carbons (Fsp3) is 0.500. The number of fused-ring (bicyclic) bond motifs is 1. The highest BCUT2D eigenvalue weighted by molar-refractivity contribution is 6.57. The Bertz CT molecular complexity index is 286. The molecule has 1 aromatic heterocycles. The minimum Gasteiger partial charge on any atom is -0.422 e. The molecule has 0 aliphatic carbocycles. The molecule has 0 fully saturated rings. The maximum atomic E-state index is 8.94. The summed E-state index contributed by atoms with van der Waals surface area (Å²) in [7, 11) is -1.42. The standard InChI is InChI=1S/C6H10BN3O2/c11-7(12)5-3-9-6-1-2-8-4-10(5)6/h3,8,11-12H,1-2,4H2. The van der Waals surface area contributed by atoms with Gasteiger partial charge in [-0.15, -0.1) is 0 Å². The summed E-state index contributed by atoms with van der Waals surface area (Å²) < 4.78 is 1.79. The van der Waals surface area contributed by atoms with Crippen LogP contribution in [0.25, 0.3) is 0 Å². The lowest BCUT2D eigenvalue weighted by Gasteiger charge is -2.17. The average Bonchev–Trinajstić information content (AvgIpc) is 2.47. The van der Waals surface area contributed by atoms with Crippen molar-refractivity contribution >= 4 is 12.7 Å². The van der Waals surface area contributed by atoms with Crippen molar-refractivity contribution in [3.05, 3.63) is 12.0 Å². The number of nitrogens with one attached hydrogen (secondary N) is 1. The van der Waals surface area contributed by atoms with Gasteiger partial charge in [-0.2, -0.15) is 0 Å². The fourth-order valence-electron chi connectivity index (χ4n) is 1.41. The second-order valence-electron chi connectivity index (χ2n) is 2.81. The van der Waals surface area contributed by atoms with Crippen LogP contribution in [0.15, 0.2) is 6.20 Å². The number of aromatic nitrogens is 2. The van der Waals surface area contributed by atoms with Crippen LogP contribution in [0.4, 0.5) is 0 Å². The van der Waals surface area contributed by atoms with E-state index >= 15 is 0 Å². The molecule has 1 aromatic rings. The third-order valence-corrected chi connectivity index (χ3v) is 2.03. The van der Waals surface area contributed by atoms with E-state index in [1.807, 2.05) is 0 Å². The number of hydrogen-bond acceptors (Lipinski definition) is 4. The van der Waals surface area contributed by atoms with Crippen LogP contribution in [0.3, 0.4) is 0 Å². The first-order chi connectivity index (χ1) is 5.79. The van der Waals surface area contributed by atoms with Crippen molar-refractivity contribution in [1.82, 2.24) is 14.9 Å². The summed E-state index contributed by atoms with van der Waals surface area (Å²) in [5, 5.41) is 21.0. The van der Waals surface area contributed by atoms with Crippen molar-refractivity contribution in [2.75, 3.05) is 6.54 Å². The van der Waals surface area contributed by atoms with Crippen molar-refractivity contribution < 1.29 is 10.0 Å². The molecule has 5 nitrogen and oxygen atoms in total. The Labute approximate surface area is 70.2 Å². The maximum absolute atomic E-state index is 8.94. The molecule has 0 atom stereocenters. The molecule has 0 aromatic carbocycles. The summed E-state index contributed by atoms with van der Waals surface area (Å²) in [6, 6.07) is 0. The minimum absolute atomic E-state index is 0.456. The van der Waals surface area contributed by atoms with E-state index < -0.39 is 7.12 Å². The third kappa shape index (κ3) is 1.14. The van der Waals surface area contributed by atoms with Gasteiger partial charge in [0.25, 0.3) is 0 Å². The topological polar surface area (TPSA) is 70.3 Å². The van der Waals surface area contributed by atoms with Crippen molar-refractivity contribution in [3.8, 4) is 0 Å². The molecule has 1 aliphatic heterocycles. The molecule has 64 valence electrons. The summed E-state index contributed by atoms with van der Waals surface area (Å²) in [6.45, 7) is 1.51. The lowest BCUT2D eigenvalue weighted by atomic mass is 9.87. The van der Waals surface area contributed by atoms with Gasteiger partial charge in [-0.05, 0) is 0 Å². The van der Waals surface area contributed by atoms with Gasteiger partial charge in [0.15, 0.2) is 0 Å². The van der Waals surface area contributed by atoms with E-state index in [-0.39, 0.29) is 0 Å². The van der Waals surface area contributed by atoms with Crippen LogP contribution in [0, 0.1) is 0 Å². The molecule has 3 N–H and O–H groups in total. The molecule has 12 heavy (non-hydrogen) atoms. The Kier molecular flexibility index (Phi) is 1.88. The predicted molar refractivity (Wildman–Crippen MR) is 43.8 cm³/mol. The molecular formula is C6H10BN3O2. The number of nitrogens with zero attached hydrogens (tertiary/aromatic N) is 2. The minimum atomic E-state index is -1.42. The van der Waals surface area contributed by atoms with E-state index in [0.29, 0.717) is 12.3 Å². The van der Waals surface area contributed by atoms with Crippen LogP contribution >= 0.6 is 0 Å². The van der Waals surface area contributed by atoms with E-state index in [1.165, 1.54) is 6.20 Å². The van der Waals surface area contributed by atoms with Crippen LogP contribution in [-0.4, -0.2) is 33.3 Å². The van der Waals surface area contributed by atoms with E-state index in [9.17, 15) is 0 Å². The first-order valence-corrected chi connectivity index (χ1v) is 3.90. The summed E-state index contributed by atoms with van der Waals surface area (Å²) >= 11 is 0. The SMILES string of the molecule is OB(O)c1cnc2n1CNCC2. The normalized spacial score (nSPS) is 15.8. The third-order valence-electron chi connectivity index (χ3n) is 2.03. The lowest BCUT2D eigenvalue weighted by Crippen LogP contribution is -2.42. The zero-order valence-electron chi connectivity index (χ0n) is 6.56. The summed E-state index contributed by atoms with van der Waals surface area (Å²) in [5.74, 6) is 0.914. The highest BCUT2D eigenvalue weighted by Gasteiger charge is 2.21. The summed E-state index contributed by atoms with van der Waals surface area (Å²) in [6.07, 6.45) is 2.35. The Morgan fingerprint density at radius 2 is 2.42 bits per heavy atom. The molecule has 0 bridgehead atoms. The van der Waals surface area contributed by atoms with Crippen molar-refractivity contribution in [3.63, 3.8) is 0 Å². The van der Waals surface area contributed by atoms with Gasteiger partial charge in [-0.1, -0.05) is 0 Å². The molecule has 0 amide bonds. The highest BCUT2D eigenvalue weighted by Crippen LogP contribution is 2.00. The van der Waals surface area contributed by atoms with Gasteiger partial charge >= 0.3 is 7.12 Å². The molecule has 2 rings (SSSR count). The van der Waals surface area contributed by atoms with E-state index in [0.717, 1.165) is 18.8 Å². The zero-order chi connectivity index (χ0) is 8.55. The molecule has 2 heterocycles. The smallest absolute Gasteiger partial charge is 0.422 e. The van der Waals surface area contributed by atoms with E-state index in [4.69, 9.17) is 10.0 Å². The zero-order valence-corrected chi connectivity index (χ0v) is 6.56. The fourth-order valence-corrected chi connectivity index (χ4v) is 1.41. The van der Waals surface area contributed by atoms with Crippen LogP contribution in [-0.2, 0) is 13.1 Å². The van der Waals surface area contributed by atoms with Crippen LogP contribution in [0.2, 0.25) is 0 Å². The summed E-state index contributed by atoms with van der Waals surface area (Å²) in [5.41, 5.74) is 0.456. The molecule has 0 radical (unpaired) electrons. The number of imidazole rings is 1. The Balaban J connectivity index is 2.38. The quantitative estimate of drug-likeness (QED) is 0.410. The first-order valence-electron chi connectivity index (χ1n) is 3.90. The Hall–Kier alpha value is -0.845. The van der Waals surface area contributed by atoms with Crippen molar-refractivity contribution in [2.24, 2.45) is 0 Å². The summed E-state index contributed by atoms with van der Waals surface area (Å²) in [4.78, 5) is 4.08. The largest absolute Gasteiger partial charge is 0.507 e. The number of rotatable bonds is 1. The van der Waals surface area contributed by atoms with Crippen molar-refractivity contribution in [2.45, 2.75) is 13.1 Å². The molecule has 0 spiro atoms. The van der Waals surface area contributed by atoms with Gasteiger partial charge in [-0.3, -0.25) is 5.32 Å². The highest BCUT2D eigenvalue weighted by atomic mass is 16.4. The molecule has 6 heteroatoms. The molecule has 0 saturated heterocycles. The Morgan fingerprint density at radius 3 is 3.17 bits per heavy atom. The predicted octanol–water partition coefficient (Wildman–Crippen LogP) is -2.33. The van der Waals surface area contributed by atoms with Gasteiger partial charge in [0.1, 0.15) is 5.82 Å². The monoisotopic (exact) mass is 167 g/mol. The molecular weight excluding hydrogens is 157 g/mol. The second kappa shape index (κ2) is 2.89. The molecule has 1 aliphatic rings. The van der Waals surface area contributed by atoms with Gasteiger partial charge in [-0.25, -0.2) is 4.98 Å². The van der Waals surface area contributed by atoms with Crippen LogP contribution in [0.1, 0.15) is 5.82 Å². The second-order valence-corrected chi connectivity index (χ2v) is 2.81. The maximum Gasteiger partial charge on any atom is 0.507 e. The van der Waals surface area contributed by atoms with E-state index in [1.54, 1.807) is 4.57 Å². The lowest BCUT2D eigenvalue weighted by molar-refractivity contribution is 0.415. The van der Waals surface area contributed by atoms with Crippen LogP contribution < -0.4 is 10.9 Å².